The van der Waals surface area contributed by atoms with Gasteiger partial charge < -0.3 is 5.11 Å². The molecule has 0 fully saturated rings. The molecule has 0 aliphatic heterocycles. The van der Waals surface area contributed by atoms with E-state index in [-0.39, 0.29) is 5.92 Å². The number of nitriles is 1. The summed E-state index contributed by atoms with van der Waals surface area (Å²) in [5.41, 5.74) is 0. The largest absolute Gasteiger partial charge is 0.378 e. The minimum atomic E-state index is -0.792. The molecule has 0 saturated carbocycles. The number of hydrogen-bond donors (Lipinski definition) is 1. The highest BCUT2D eigenvalue weighted by Crippen LogP contribution is 1.96. The second kappa shape index (κ2) is 2.59. The Bertz CT molecular complexity index is 82.6. The van der Waals surface area contributed by atoms with Crippen LogP contribution in [0.25, 0.3) is 0 Å². The summed E-state index contributed by atoms with van der Waals surface area (Å²) in [6, 6.07) is 1.72. The third-order valence-corrected chi connectivity index (χ3v) is 0.764. The summed E-state index contributed by atoms with van der Waals surface area (Å²) in [6.45, 7) is 3.60. The second-order valence-electron chi connectivity index (χ2n) is 1.82. The smallest absolute Gasteiger partial charge is 0.142 e. The van der Waals surface area contributed by atoms with E-state index in [0.717, 1.165) is 0 Å². The fourth-order valence-electron chi connectivity index (χ4n) is 0.149. The molecule has 7 heavy (non-hydrogen) atoms. The van der Waals surface area contributed by atoms with Gasteiger partial charge in [-0.15, -0.1) is 0 Å². The van der Waals surface area contributed by atoms with Crippen LogP contribution >= 0.6 is 0 Å². The molecule has 0 radical (unpaired) electrons. The molecule has 0 aliphatic rings. The van der Waals surface area contributed by atoms with Gasteiger partial charge in [0, 0.05) is 0 Å². The van der Waals surface area contributed by atoms with Crippen LogP contribution in [0.1, 0.15) is 13.8 Å². The van der Waals surface area contributed by atoms with Gasteiger partial charge in [-0.05, 0) is 5.92 Å². The van der Waals surface area contributed by atoms with Crippen LogP contribution in [0, 0.1) is 17.2 Å². The van der Waals surface area contributed by atoms with Crippen molar-refractivity contribution < 1.29 is 5.11 Å². The van der Waals surface area contributed by atoms with E-state index >= 15 is 0 Å². The van der Waals surface area contributed by atoms with Crippen LogP contribution in [0.3, 0.4) is 0 Å². The Morgan fingerprint density at radius 1 is 1.57 bits per heavy atom. The lowest BCUT2D eigenvalue weighted by Gasteiger charge is -2.01. The second-order valence-corrected chi connectivity index (χ2v) is 1.82. The van der Waals surface area contributed by atoms with E-state index in [1.165, 1.54) is 0 Å². The molecule has 0 rings (SSSR count). The van der Waals surface area contributed by atoms with Crippen molar-refractivity contribution in [2.24, 2.45) is 5.92 Å². The Kier molecular flexibility index (Phi) is 2.39. The highest BCUT2D eigenvalue weighted by molar-refractivity contribution is 4.83. The summed E-state index contributed by atoms with van der Waals surface area (Å²) in [7, 11) is 0. The van der Waals surface area contributed by atoms with Crippen molar-refractivity contribution in [1.29, 1.82) is 5.26 Å². The molecule has 0 bridgehead atoms. The van der Waals surface area contributed by atoms with Crippen LogP contribution in [0.4, 0.5) is 0 Å². The van der Waals surface area contributed by atoms with Crippen molar-refractivity contribution in [2.75, 3.05) is 0 Å². The molecule has 1 N–H and O–H groups in total. The predicted octanol–water partition coefficient (Wildman–Crippen LogP) is 0.527. The van der Waals surface area contributed by atoms with Crippen LogP contribution in [0.2, 0.25) is 0 Å². The number of hydrogen-bond acceptors (Lipinski definition) is 2. The van der Waals surface area contributed by atoms with Gasteiger partial charge in [-0.3, -0.25) is 0 Å². The number of aliphatic hydroxyl groups is 1. The van der Waals surface area contributed by atoms with Crippen LogP contribution in [-0.4, -0.2) is 11.2 Å². The lowest BCUT2D eigenvalue weighted by Crippen LogP contribution is -2.10. The zero-order valence-electron chi connectivity index (χ0n) is 4.55. The van der Waals surface area contributed by atoms with Crippen LogP contribution in [0.5, 0.6) is 0 Å². The first-order chi connectivity index (χ1) is 3.18. The van der Waals surface area contributed by atoms with E-state index < -0.39 is 6.10 Å². The highest BCUT2D eigenvalue weighted by atomic mass is 16.3. The van der Waals surface area contributed by atoms with E-state index in [2.05, 4.69) is 0 Å². The Hall–Kier alpha value is -0.550. The first kappa shape index (κ1) is 6.45. The average molecular weight is 99.1 g/mol. The minimum absolute atomic E-state index is 0.0602. The van der Waals surface area contributed by atoms with Gasteiger partial charge in [0.05, 0.1) is 6.07 Å². The molecule has 2 heteroatoms. The van der Waals surface area contributed by atoms with Crippen molar-refractivity contribution in [3.8, 4) is 6.07 Å². The zero-order valence-corrected chi connectivity index (χ0v) is 4.55. The lowest BCUT2D eigenvalue weighted by molar-refractivity contribution is 0.179. The molecule has 40 valence electrons. The molecule has 0 amide bonds. The Morgan fingerprint density at radius 2 is 2.00 bits per heavy atom. The van der Waals surface area contributed by atoms with Gasteiger partial charge in [0.2, 0.25) is 0 Å². The number of nitrogens with zero attached hydrogens (tertiary/aromatic N) is 1. The molecule has 0 aromatic carbocycles. The predicted molar refractivity (Wildman–Crippen MR) is 26.5 cm³/mol. The monoisotopic (exact) mass is 99.1 g/mol. The van der Waals surface area contributed by atoms with E-state index in [4.69, 9.17) is 10.4 Å². The van der Waals surface area contributed by atoms with Crippen molar-refractivity contribution in [2.45, 2.75) is 20.0 Å². The van der Waals surface area contributed by atoms with Crippen molar-refractivity contribution in [1.82, 2.24) is 0 Å². The molecule has 2 nitrogen and oxygen atoms in total. The van der Waals surface area contributed by atoms with E-state index in [1.807, 2.05) is 0 Å². The van der Waals surface area contributed by atoms with Gasteiger partial charge in [-0.2, -0.15) is 5.26 Å². The highest BCUT2D eigenvalue weighted by Gasteiger charge is 2.04. The van der Waals surface area contributed by atoms with Crippen molar-refractivity contribution >= 4 is 0 Å². The third-order valence-electron chi connectivity index (χ3n) is 0.764. The van der Waals surface area contributed by atoms with E-state index in [9.17, 15) is 0 Å². The third kappa shape index (κ3) is 2.18. The molecule has 0 aromatic rings. The normalized spacial score (nSPS) is 13.6. The quantitative estimate of drug-likeness (QED) is 0.487. The van der Waals surface area contributed by atoms with Gasteiger partial charge in [0.15, 0.2) is 0 Å². The molecule has 0 saturated heterocycles. The maximum absolute atomic E-state index is 8.57. The summed E-state index contributed by atoms with van der Waals surface area (Å²) in [5.74, 6) is 0.0602. The molecule has 0 heterocycles. The van der Waals surface area contributed by atoms with Crippen LogP contribution in [0.15, 0.2) is 0 Å². The van der Waals surface area contributed by atoms with Crippen LogP contribution < -0.4 is 0 Å². The fraction of sp³-hybridized carbons (Fsp3) is 0.800. The Morgan fingerprint density at radius 3 is 2.00 bits per heavy atom. The summed E-state index contributed by atoms with van der Waals surface area (Å²) in [4.78, 5) is 0. The summed E-state index contributed by atoms with van der Waals surface area (Å²) < 4.78 is 0. The van der Waals surface area contributed by atoms with Gasteiger partial charge >= 0.3 is 0 Å². The molecule has 1 unspecified atom stereocenters. The average Bonchev–Trinajstić information content (AvgIpc) is 1.65. The van der Waals surface area contributed by atoms with Crippen LogP contribution in [-0.2, 0) is 0 Å². The summed E-state index contributed by atoms with van der Waals surface area (Å²) in [6.07, 6.45) is -0.792. The van der Waals surface area contributed by atoms with E-state index in [1.54, 1.807) is 19.9 Å². The molecular formula is C5H9NO. The molecule has 1 atom stereocenters. The number of aliphatic hydroxyl groups excluding tert-OH is 1. The molecular weight excluding hydrogens is 90.1 g/mol. The maximum atomic E-state index is 8.57. The summed E-state index contributed by atoms with van der Waals surface area (Å²) in [5, 5.41) is 16.6. The number of rotatable bonds is 1. The molecule has 0 spiro atoms. The van der Waals surface area contributed by atoms with Crippen molar-refractivity contribution in [3.05, 3.63) is 0 Å². The van der Waals surface area contributed by atoms with Gasteiger partial charge in [-0.1, -0.05) is 13.8 Å². The Balaban J connectivity index is 3.40. The van der Waals surface area contributed by atoms with Gasteiger partial charge in [-0.25, -0.2) is 0 Å². The first-order valence-electron chi connectivity index (χ1n) is 2.26. The fourth-order valence-corrected chi connectivity index (χ4v) is 0.149. The van der Waals surface area contributed by atoms with Gasteiger partial charge in [0.1, 0.15) is 6.10 Å². The Labute approximate surface area is 43.4 Å². The summed E-state index contributed by atoms with van der Waals surface area (Å²) >= 11 is 0. The maximum Gasteiger partial charge on any atom is 0.142 e. The molecule has 0 aromatic heterocycles. The van der Waals surface area contributed by atoms with Crippen molar-refractivity contribution in [3.63, 3.8) is 0 Å². The standard InChI is InChI=1S/C5H9NO/c1-4(2)5(7)3-6/h4-5,7H,1-2H3. The SMILES string of the molecule is CC(C)C(O)C#N. The lowest BCUT2D eigenvalue weighted by atomic mass is 10.1. The topological polar surface area (TPSA) is 44.0 Å². The molecule has 0 aliphatic carbocycles. The first-order valence-corrected chi connectivity index (χ1v) is 2.26. The van der Waals surface area contributed by atoms with Gasteiger partial charge in [0.25, 0.3) is 0 Å². The van der Waals surface area contributed by atoms with E-state index in [0.29, 0.717) is 0 Å². The zero-order chi connectivity index (χ0) is 5.86. The minimum Gasteiger partial charge on any atom is -0.378 e.